The molecule has 2 aliphatic carbocycles. The topological polar surface area (TPSA) is 55.1 Å². The second kappa shape index (κ2) is 5.98. The molecule has 1 aromatic rings. The Morgan fingerprint density at radius 2 is 2.00 bits per heavy atom. The standard InChI is InChI=1S/C17H23ClN2O/c18-14-3-1-2-13(10-14)17(11-19)8-6-15(7-9-17)20-16(21)12-4-5-12/h1-3,10,12,15H,4-9,11,19H2,(H,20,21). The number of amides is 1. The fourth-order valence-electron chi connectivity index (χ4n) is 3.41. The van der Waals surface area contributed by atoms with Crippen molar-refractivity contribution in [1.29, 1.82) is 0 Å². The normalized spacial score (nSPS) is 29.1. The largest absolute Gasteiger partial charge is 0.353 e. The van der Waals surface area contributed by atoms with E-state index in [1.165, 1.54) is 5.56 Å². The van der Waals surface area contributed by atoms with Gasteiger partial charge in [0.15, 0.2) is 0 Å². The van der Waals surface area contributed by atoms with E-state index in [1.807, 2.05) is 18.2 Å². The molecule has 3 nitrogen and oxygen atoms in total. The summed E-state index contributed by atoms with van der Waals surface area (Å²) in [7, 11) is 0. The van der Waals surface area contributed by atoms with Crippen molar-refractivity contribution in [2.24, 2.45) is 11.7 Å². The summed E-state index contributed by atoms with van der Waals surface area (Å²) in [6.07, 6.45) is 6.16. The molecule has 2 fully saturated rings. The number of rotatable bonds is 4. The Balaban J connectivity index is 1.65. The maximum absolute atomic E-state index is 11.9. The Hall–Kier alpha value is -1.06. The monoisotopic (exact) mass is 306 g/mol. The van der Waals surface area contributed by atoms with E-state index >= 15 is 0 Å². The van der Waals surface area contributed by atoms with Gasteiger partial charge in [-0.3, -0.25) is 4.79 Å². The first-order chi connectivity index (χ1) is 10.1. The number of carbonyl (C=O) groups excluding carboxylic acids is 1. The minimum absolute atomic E-state index is 0.0196. The van der Waals surface area contributed by atoms with E-state index in [9.17, 15) is 4.79 Å². The SMILES string of the molecule is NCC1(c2cccc(Cl)c2)CCC(NC(=O)C2CC2)CC1. The average molecular weight is 307 g/mol. The summed E-state index contributed by atoms with van der Waals surface area (Å²) in [6, 6.07) is 8.38. The van der Waals surface area contributed by atoms with Crippen LogP contribution in [0.1, 0.15) is 44.1 Å². The smallest absolute Gasteiger partial charge is 0.223 e. The maximum Gasteiger partial charge on any atom is 0.223 e. The second-order valence-corrected chi connectivity index (χ2v) is 6.99. The molecule has 2 aliphatic rings. The van der Waals surface area contributed by atoms with E-state index in [4.69, 9.17) is 17.3 Å². The summed E-state index contributed by atoms with van der Waals surface area (Å²) in [5.74, 6) is 0.544. The molecule has 4 heteroatoms. The van der Waals surface area contributed by atoms with Crippen molar-refractivity contribution >= 4 is 17.5 Å². The van der Waals surface area contributed by atoms with Gasteiger partial charge in [-0.2, -0.15) is 0 Å². The van der Waals surface area contributed by atoms with Gasteiger partial charge < -0.3 is 11.1 Å². The zero-order valence-corrected chi connectivity index (χ0v) is 13.0. The number of carbonyl (C=O) groups is 1. The molecule has 0 aliphatic heterocycles. The Morgan fingerprint density at radius 1 is 1.29 bits per heavy atom. The number of nitrogens with one attached hydrogen (secondary N) is 1. The molecule has 0 saturated heterocycles. The molecule has 114 valence electrons. The summed E-state index contributed by atoms with van der Waals surface area (Å²) in [4.78, 5) is 11.9. The van der Waals surface area contributed by atoms with E-state index in [2.05, 4.69) is 11.4 Å². The van der Waals surface area contributed by atoms with Crippen molar-refractivity contribution in [3.05, 3.63) is 34.9 Å². The van der Waals surface area contributed by atoms with Crippen LogP contribution in [0.2, 0.25) is 5.02 Å². The third-order valence-electron chi connectivity index (χ3n) is 5.06. The van der Waals surface area contributed by atoms with E-state index in [0.29, 0.717) is 18.5 Å². The first-order valence-corrected chi connectivity index (χ1v) is 8.27. The molecule has 0 radical (unpaired) electrons. The Bertz CT molecular complexity index is 519. The minimum Gasteiger partial charge on any atom is -0.353 e. The van der Waals surface area contributed by atoms with Crippen LogP contribution >= 0.6 is 11.6 Å². The van der Waals surface area contributed by atoms with Gasteiger partial charge in [0.2, 0.25) is 5.91 Å². The minimum atomic E-state index is 0.0196. The Labute approximate surface area is 131 Å². The summed E-state index contributed by atoms with van der Waals surface area (Å²) < 4.78 is 0. The third-order valence-corrected chi connectivity index (χ3v) is 5.30. The summed E-state index contributed by atoms with van der Waals surface area (Å²) in [5.41, 5.74) is 7.35. The lowest BCUT2D eigenvalue weighted by atomic mass is 9.68. The van der Waals surface area contributed by atoms with Crippen LogP contribution in [0.25, 0.3) is 0 Å². The molecule has 1 aromatic carbocycles. The Kier molecular flexibility index (Phi) is 4.23. The third kappa shape index (κ3) is 3.24. The summed E-state index contributed by atoms with van der Waals surface area (Å²) in [6.45, 7) is 0.636. The Morgan fingerprint density at radius 3 is 2.57 bits per heavy atom. The highest BCUT2D eigenvalue weighted by Crippen LogP contribution is 2.40. The lowest BCUT2D eigenvalue weighted by Gasteiger charge is -2.40. The first kappa shape index (κ1) is 14.9. The van der Waals surface area contributed by atoms with Crippen LogP contribution in [0.15, 0.2) is 24.3 Å². The molecular weight excluding hydrogens is 284 g/mol. The zero-order valence-electron chi connectivity index (χ0n) is 12.3. The van der Waals surface area contributed by atoms with Gasteiger partial charge in [-0.25, -0.2) is 0 Å². The fourth-order valence-corrected chi connectivity index (χ4v) is 3.60. The number of nitrogens with two attached hydrogens (primary N) is 1. The highest BCUT2D eigenvalue weighted by atomic mass is 35.5. The fraction of sp³-hybridized carbons (Fsp3) is 0.588. The van der Waals surface area contributed by atoms with E-state index in [0.717, 1.165) is 43.5 Å². The average Bonchev–Trinajstić information content (AvgIpc) is 3.33. The van der Waals surface area contributed by atoms with Crippen LogP contribution in [-0.2, 0) is 10.2 Å². The number of halogens is 1. The van der Waals surface area contributed by atoms with Crippen molar-refractivity contribution in [2.45, 2.75) is 50.0 Å². The van der Waals surface area contributed by atoms with Crippen LogP contribution in [-0.4, -0.2) is 18.5 Å². The predicted octanol–water partition coefficient (Wildman–Crippen LogP) is 3.01. The van der Waals surface area contributed by atoms with Gasteiger partial charge in [0.1, 0.15) is 0 Å². The van der Waals surface area contributed by atoms with Crippen LogP contribution < -0.4 is 11.1 Å². The van der Waals surface area contributed by atoms with E-state index < -0.39 is 0 Å². The van der Waals surface area contributed by atoms with Crippen LogP contribution in [0.3, 0.4) is 0 Å². The van der Waals surface area contributed by atoms with Gasteiger partial charge >= 0.3 is 0 Å². The molecule has 0 spiro atoms. The molecular formula is C17H23ClN2O. The molecule has 1 amide bonds. The summed E-state index contributed by atoms with van der Waals surface area (Å²) >= 11 is 6.12. The van der Waals surface area contributed by atoms with Crippen molar-refractivity contribution in [1.82, 2.24) is 5.32 Å². The molecule has 0 heterocycles. The van der Waals surface area contributed by atoms with Gasteiger partial charge in [-0.15, -0.1) is 0 Å². The van der Waals surface area contributed by atoms with Gasteiger partial charge in [0.25, 0.3) is 0 Å². The molecule has 0 atom stereocenters. The molecule has 0 bridgehead atoms. The van der Waals surface area contributed by atoms with Gasteiger partial charge in [-0.05, 0) is 56.2 Å². The lowest BCUT2D eigenvalue weighted by molar-refractivity contribution is -0.123. The van der Waals surface area contributed by atoms with Crippen LogP contribution in [0.5, 0.6) is 0 Å². The molecule has 3 N–H and O–H groups in total. The highest BCUT2D eigenvalue weighted by Gasteiger charge is 2.37. The maximum atomic E-state index is 11.9. The molecule has 21 heavy (non-hydrogen) atoms. The van der Waals surface area contributed by atoms with Crippen molar-refractivity contribution < 1.29 is 4.79 Å². The predicted molar refractivity (Wildman–Crippen MR) is 85.3 cm³/mol. The number of hydrogen-bond acceptors (Lipinski definition) is 2. The molecule has 0 aromatic heterocycles. The van der Waals surface area contributed by atoms with Gasteiger partial charge in [0.05, 0.1) is 0 Å². The second-order valence-electron chi connectivity index (χ2n) is 6.55. The van der Waals surface area contributed by atoms with Crippen LogP contribution in [0, 0.1) is 5.92 Å². The zero-order chi connectivity index (χ0) is 14.9. The molecule has 0 unspecified atom stereocenters. The van der Waals surface area contributed by atoms with Crippen molar-refractivity contribution in [3.8, 4) is 0 Å². The van der Waals surface area contributed by atoms with Gasteiger partial charge in [0, 0.05) is 28.9 Å². The highest BCUT2D eigenvalue weighted by molar-refractivity contribution is 6.30. The van der Waals surface area contributed by atoms with Gasteiger partial charge in [-0.1, -0.05) is 23.7 Å². The molecule has 3 rings (SSSR count). The van der Waals surface area contributed by atoms with Crippen molar-refractivity contribution in [2.75, 3.05) is 6.54 Å². The summed E-state index contributed by atoms with van der Waals surface area (Å²) in [5, 5.41) is 3.97. The number of hydrogen-bond donors (Lipinski definition) is 2. The lowest BCUT2D eigenvalue weighted by Crippen LogP contribution is -2.45. The quantitative estimate of drug-likeness (QED) is 0.898. The van der Waals surface area contributed by atoms with Crippen LogP contribution in [0.4, 0.5) is 0 Å². The van der Waals surface area contributed by atoms with Crippen molar-refractivity contribution in [3.63, 3.8) is 0 Å². The first-order valence-electron chi connectivity index (χ1n) is 7.89. The molecule has 2 saturated carbocycles. The van der Waals surface area contributed by atoms with E-state index in [-0.39, 0.29) is 11.3 Å². The van der Waals surface area contributed by atoms with E-state index in [1.54, 1.807) is 0 Å². The number of benzene rings is 1.